The van der Waals surface area contributed by atoms with E-state index in [2.05, 4.69) is 33.7 Å². The Labute approximate surface area is 159 Å². The lowest BCUT2D eigenvalue weighted by molar-refractivity contribution is -0.131. The van der Waals surface area contributed by atoms with Gasteiger partial charge in [0.15, 0.2) is 5.96 Å². The first-order valence-electron chi connectivity index (χ1n) is 7.70. The molecule has 2 N–H and O–H groups in total. The Morgan fingerprint density at radius 2 is 2.35 bits per heavy atom. The Morgan fingerprint density at radius 3 is 3.09 bits per heavy atom. The van der Waals surface area contributed by atoms with E-state index in [0.717, 1.165) is 32.0 Å². The van der Waals surface area contributed by atoms with Crippen LogP contribution in [-0.4, -0.2) is 42.9 Å². The van der Waals surface area contributed by atoms with Crippen LogP contribution < -0.4 is 10.6 Å². The smallest absolute Gasteiger partial charge is 0.224 e. The minimum absolute atomic E-state index is 0. The fourth-order valence-electron chi connectivity index (χ4n) is 2.39. The Kier molecular flexibility index (Phi) is 9.23. The van der Waals surface area contributed by atoms with Crippen LogP contribution in [0.3, 0.4) is 0 Å². The zero-order chi connectivity index (χ0) is 15.8. The molecule has 1 aliphatic rings. The van der Waals surface area contributed by atoms with E-state index in [0.29, 0.717) is 19.5 Å². The van der Waals surface area contributed by atoms with Gasteiger partial charge in [-0.05, 0) is 30.4 Å². The molecule has 5 nitrogen and oxygen atoms in total. The van der Waals surface area contributed by atoms with E-state index in [-0.39, 0.29) is 29.9 Å². The van der Waals surface area contributed by atoms with Gasteiger partial charge in [-0.1, -0.05) is 6.08 Å². The van der Waals surface area contributed by atoms with Crippen LogP contribution in [0.4, 0.5) is 0 Å². The number of guanidine groups is 1. The summed E-state index contributed by atoms with van der Waals surface area (Å²) in [4.78, 5) is 20.1. The molecule has 0 radical (unpaired) electrons. The lowest BCUT2D eigenvalue weighted by atomic mass is 10.1. The van der Waals surface area contributed by atoms with Gasteiger partial charge in [0, 0.05) is 37.5 Å². The topological polar surface area (TPSA) is 56.7 Å². The summed E-state index contributed by atoms with van der Waals surface area (Å²) in [6.07, 6.45) is 3.21. The number of hydrogen-bond donors (Lipinski definition) is 2. The third-order valence-corrected chi connectivity index (χ3v) is 4.54. The first-order valence-corrected chi connectivity index (χ1v) is 8.58. The number of amides is 1. The Balaban J connectivity index is 0.00000264. The van der Waals surface area contributed by atoms with E-state index < -0.39 is 0 Å². The molecule has 2 rings (SSSR count). The molecule has 0 aromatic carbocycles. The number of nitrogens with one attached hydrogen (secondary N) is 2. The summed E-state index contributed by atoms with van der Waals surface area (Å²) < 4.78 is 0. The summed E-state index contributed by atoms with van der Waals surface area (Å²) >= 11 is 1.79. The van der Waals surface area contributed by atoms with Crippen LogP contribution in [0, 0.1) is 0 Å². The van der Waals surface area contributed by atoms with E-state index in [1.807, 2.05) is 11.8 Å². The lowest BCUT2D eigenvalue weighted by Crippen LogP contribution is -2.38. The first-order chi connectivity index (χ1) is 10.7. The van der Waals surface area contributed by atoms with Gasteiger partial charge in [-0.3, -0.25) is 9.79 Å². The quantitative estimate of drug-likeness (QED) is 0.304. The van der Waals surface area contributed by atoms with Crippen molar-refractivity contribution in [1.82, 2.24) is 15.5 Å². The van der Waals surface area contributed by atoms with Gasteiger partial charge < -0.3 is 15.5 Å². The molecule has 7 heteroatoms. The van der Waals surface area contributed by atoms with Crippen LogP contribution in [0.2, 0.25) is 0 Å². The molecule has 0 saturated carbocycles. The van der Waals surface area contributed by atoms with Gasteiger partial charge in [-0.15, -0.1) is 41.9 Å². The van der Waals surface area contributed by atoms with Gasteiger partial charge in [-0.25, -0.2) is 0 Å². The van der Waals surface area contributed by atoms with Crippen molar-refractivity contribution >= 4 is 47.2 Å². The highest BCUT2D eigenvalue weighted by molar-refractivity contribution is 14.0. The molecule has 23 heavy (non-hydrogen) atoms. The summed E-state index contributed by atoms with van der Waals surface area (Å²) in [7, 11) is 0. The predicted molar refractivity (Wildman–Crippen MR) is 108 cm³/mol. The summed E-state index contributed by atoms with van der Waals surface area (Å²) in [6.45, 7) is 9.21. The van der Waals surface area contributed by atoms with Crippen molar-refractivity contribution in [2.24, 2.45) is 4.99 Å². The van der Waals surface area contributed by atoms with Crippen LogP contribution in [0.5, 0.6) is 0 Å². The van der Waals surface area contributed by atoms with Gasteiger partial charge in [-0.2, -0.15) is 0 Å². The number of carbonyl (C=O) groups is 1. The Hall–Kier alpha value is -1.09. The average molecular weight is 448 g/mol. The molecule has 0 atom stereocenters. The fourth-order valence-corrected chi connectivity index (χ4v) is 3.28. The molecule has 0 saturated heterocycles. The third-order valence-electron chi connectivity index (χ3n) is 3.51. The molecule has 2 heterocycles. The number of carbonyl (C=O) groups excluding carboxylic acids is 1. The molecule has 0 bridgehead atoms. The van der Waals surface area contributed by atoms with Gasteiger partial charge in [0.1, 0.15) is 0 Å². The van der Waals surface area contributed by atoms with Gasteiger partial charge in [0.2, 0.25) is 5.91 Å². The number of nitrogens with zero attached hydrogens (tertiary/aromatic N) is 2. The molecule has 1 amide bonds. The average Bonchev–Trinajstić information content (AvgIpc) is 2.99. The second-order valence-electron chi connectivity index (χ2n) is 5.11. The molecule has 128 valence electrons. The van der Waals surface area contributed by atoms with Crippen LogP contribution >= 0.6 is 35.3 Å². The van der Waals surface area contributed by atoms with E-state index in [1.54, 1.807) is 17.4 Å². The molecule has 1 aliphatic heterocycles. The van der Waals surface area contributed by atoms with Crippen molar-refractivity contribution in [2.75, 3.05) is 26.2 Å². The highest BCUT2D eigenvalue weighted by atomic mass is 127. The monoisotopic (exact) mass is 448 g/mol. The predicted octanol–water partition coefficient (Wildman–Crippen LogP) is 2.38. The summed E-state index contributed by atoms with van der Waals surface area (Å²) in [5.41, 5.74) is 1.30. The number of hydrogen-bond acceptors (Lipinski definition) is 3. The minimum atomic E-state index is 0. The molecule has 0 fully saturated rings. The Bertz CT molecular complexity index is 544. The lowest BCUT2D eigenvalue weighted by Gasteiger charge is -2.26. The second kappa shape index (κ2) is 10.6. The van der Waals surface area contributed by atoms with Crippen molar-refractivity contribution in [3.8, 4) is 0 Å². The van der Waals surface area contributed by atoms with Crippen LogP contribution in [0.1, 0.15) is 23.8 Å². The van der Waals surface area contributed by atoms with Crippen LogP contribution in [0.15, 0.2) is 29.1 Å². The summed E-state index contributed by atoms with van der Waals surface area (Å²) in [5, 5.41) is 8.39. The maximum atomic E-state index is 12.3. The standard InChI is InChI=1S/C16H24N4OS.HI/c1-3-8-18-16(17-4-2)19-9-5-15(21)20-10-6-14-13(12-20)7-11-22-14;/h3,7,11H,1,4-6,8-10,12H2,2H3,(H2,17,18,19);1H. The van der Waals surface area contributed by atoms with E-state index >= 15 is 0 Å². The normalized spacial score (nSPS) is 13.8. The molecule has 1 aromatic rings. The molecular weight excluding hydrogens is 423 g/mol. The van der Waals surface area contributed by atoms with Gasteiger partial charge in [0.25, 0.3) is 0 Å². The van der Waals surface area contributed by atoms with Crippen molar-refractivity contribution in [1.29, 1.82) is 0 Å². The van der Waals surface area contributed by atoms with E-state index in [9.17, 15) is 4.79 Å². The van der Waals surface area contributed by atoms with E-state index in [1.165, 1.54) is 10.4 Å². The zero-order valence-electron chi connectivity index (χ0n) is 13.5. The Morgan fingerprint density at radius 1 is 1.52 bits per heavy atom. The van der Waals surface area contributed by atoms with Gasteiger partial charge in [0.05, 0.1) is 6.54 Å². The van der Waals surface area contributed by atoms with Crippen molar-refractivity contribution in [3.05, 3.63) is 34.5 Å². The third kappa shape index (κ3) is 6.14. The van der Waals surface area contributed by atoms with Crippen molar-refractivity contribution < 1.29 is 4.79 Å². The fraction of sp³-hybridized carbons (Fsp3) is 0.500. The highest BCUT2D eigenvalue weighted by Gasteiger charge is 2.20. The second-order valence-corrected chi connectivity index (χ2v) is 6.12. The maximum absolute atomic E-state index is 12.3. The summed E-state index contributed by atoms with van der Waals surface area (Å²) in [6, 6.07) is 2.13. The number of rotatable bonds is 6. The first kappa shape index (κ1) is 20.0. The summed E-state index contributed by atoms with van der Waals surface area (Å²) in [5.74, 6) is 0.911. The molecule has 1 aromatic heterocycles. The number of aliphatic imine (C=N–C) groups is 1. The van der Waals surface area contributed by atoms with Crippen molar-refractivity contribution in [2.45, 2.75) is 26.3 Å². The highest BCUT2D eigenvalue weighted by Crippen LogP contribution is 2.24. The minimum Gasteiger partial charge on any atom is -0.357 e. The largest absolute Gasteiger partial charge is 0.357 e. The molecular formula is C16H25IN4OS. The SMILES string of the molecule is C=CCNC(=NCCC(=O)N1CCc2sccc2C1)NCC.I. The molecule has 0 aliphatic carbocycles. The number of thiophene rings is 1. The van der Waals surface area contributed by atoms with Crippen LogP contribution in [0.25, 0.3) is 0 Å². The molecule has 0 unspecified atom stereocenters. The van der Waals surface area contributed by atoms with Crippen LogP contribution in [-0.2, 0) is 17.8 Å². The maximum Gasteiger partial charge on any atom is 0.224 e. The van der Waals surface area contributed by atoms with E-state index in [4.69, 9.17) is 0 Å². The number of halogens is 1. The molecule has 0 spiro atoms. The zero-order valence-corrected chi connectivity index (χ0v) is 16.7. The van der Waals surface area contributed by atoms with Crippen molar-refractivity contribution in [3.63, 3.8) is 0 Å². The van der Waals surface area contributed by atoms with Gasteiger partial charge >= 0.3 is 0 Å². The number of fused-ring (bicyclic) bond motifs is 1.